The summed E-state index contributed by atoms with van der Waals surface area (Å²) in [6, 6.07) is 0. The molecule has 1 unspecified atom stereocenters. The fraction of sp³-hybridized carbons (Fsp3) is 0.650. The fourth-order valence-electron chi connectivity index (χ4n) is 2.22. The number of hydrogen-bond acceptors (Lipinski definition) is 3. The zero-order valence-corrected chi connectivity index (χ0v) is 14.8. The number of carbonyl (C=O) groups is 1. The van der Waals surface area contributed by atoms with E-state index in [4.69, 9.17) is 5.73 Å². The third-order valence-corrected chi connectivity index (χ3v) is 3.67. The van der Waals surface area contributed by atoms with E-state index in [0.29, 0.717) is 6.42 Å². The molecule has 0 saturated heterocycles. The average Bonchev–Trinajstić information content (AvgIpc) is 2.57. The number of carbonyl (C=O) groups excluding carboxylic acids is 1. The number of unbranched alkanes of at least 4 members (excludes halogenated alkanes) is 5. The van der Waals surface area contributed by atoms with E-state index in [0.717, 1.165) is 44.9 Å². The van der Waals surface area contributed by atoms with Crippen LogP contribution in [0.5, 0.6) is 0 Å². The molecule has 0 fully saturated rings. The number of Topliss-reactive ketones (excluding diaryl/α,β-unsaturated/α-hetero) is 1. The van der Waals surface area contributed by atoms with Crippen LogP contribution in [0.25, 0.3) is 0 Å². The minimum atomic E-state index is -0.961. The molecule has 23 heavy (non-hydrogen) atoms. The molecule has 3 nitrogen and oxygen atoms in total. The Kier molecular flexibility index (Phi) is 16.3. The molecule has 0 radical (unpaired) electrons. The Labute approximate surface area is 142 Å². The van der Waals surface area contributed by atoms with Crippen molar-refractivity contribution in [1.29, 1.82) is 0 Å². The van der Waals surface area contributed by atoms with Gasteiger partial charge in [-0.25, -0.2) is 0 Å². The van der Waals surface area contributed by atoms with E-state index in [1.165, 1.54) is 12.8 Å². The second-order valence-electron chi connectivity index (χ2n) is 5.82. The van der Waals surface area contributed by atoms with Gasteiger partial charge in [0.15, 0.2) is 5.78 Å². The van der Waals surface area contributed by atoms with Gasteiger partial charge in [0, 0.05) is 13.0 Å². The van der Waals surface area contributed by atoms with Crippen LogP contribution < -0.4 is 5.73 Å². The van der Waals surface area contributed by atoms with Gasteiger partial charge in [-0.3, -0.25) is 4.79 Å². The second kappa shape index (κ2) is 17.2. The van der Waals surface area contributed by atoms with Crippen LogP contribution in [0, 0.1) is 0 Å². The number of aliphatic hydroxyl groups excluding tert-OH is 1. The van der Waals surface area contributed by atoms with Crippen molar-refractivity contribution in [2.75, 3.05) is 6.54 Å². The summed E-state index contributed by atoms with van der Waals surface area (Å²) in [5.74, 6) is -0.117. The molecule has 0 bridgehead atoms. The lowest BCUT2D eigenvalue weighted by atomic mass is 10.1. The van der Waals surface area contributed by atoms with Crippen molar-refractivity contribution < 1.29 is 9.90 Å². The van der Waals surface area contributed by atoms with Crippen molar-refractivity contribution in [2.45, 2.75) is 77.2 Å². The monoisotopic (exact) mass is 321 g/mol. The molecule has 0 aliphatic heterocycles. The predicted octanol–water partition coefficient (Wildman–Crippen LogP) is 4.46. The Bertz CT molecular complexity index is 359. The summed E-state index contributed by atoms with van der Waals surface area (Å²) in [4.78, 5) is 11.4. The molecule has 0 saturated carbocycles. The Balaban J connectivity index is 3.34. The number of rotatable bonds is 15. The van der Waals surface area contributed by atoms with Gasteiger partial charge >= 0.3 is 0 Å². The van der Waals surface area contributed by atoms with Crippen LogP contribution in [0.3, 0.4) is 0 Å². The molecule has 3 heteroatoms. The Morgan fingerprint density at radius 1 is 0.913 bits per heavy atom. The maximum absolute atomic E-state index is 11.4. The molecule has 0 aromatic heterocycles. The molecule has 0 amide bonds. The van der Waals surface area contributed by atoms with Gasteiger partial charge in [-0.15, -0.1) is 0 Å². The zero-order chi connectivity index (χ0) is 17.2. The lowest BCUT2D eigenvalue weighted by Crippen LogP contribution is -2.28. The van der Waals surface area contributed by atoms with Crippen molar-refractivity contribution in [3.63, 3.8) is 0 Å². The molecule has 0 aromatic rings. The highest BCUT2D eigenvalue weighted by Gasteiger charge is 2.11. The van der Waals surface area contributed by atoms with Crippen LogP contribution in [0.15, 0.2) is 36.5 Å². The third kappa shape index (κ3) is 15.5. The highest BCUT2D eigenvalue weighted by molar-refractivity contribution is 5.82. The second-order valence-corrected chi connectivity index (χ2v) is 5.82. The number of nitrogens with two attached hydrogens (primary N) is 1. The number of aliphatic hydroxyl groups is 1. The van der Waals surface area contributed by atoms with Gasteiger partial charge < -0.3 is 10.8 Å². The van der Waals surface area contributed by atoms with E-state index in [1.54, 1.807) is 0 Å². The Morgan fingerprint density at radius 2 is 1.48 bits per heavy atom. The summed E-state index contributed by atoms with van der Waals surface area (Å²) in [5.41, 5.74) is 5.24. The summed E-state index contributed by atoms with van der Waals surface area (Å²) < 4.78 is 0. The van der Waals surface area contributed by atoms with Gasteiger partial charge in [0.2, 0.25) is 0 Å². The number of hydrogen-bond donors (Lipinski definition) is 2. The lowest BCUT2D eigenvalue weighted by Gasteiger charge is -2.05. The quantitative estimate of drug-likeness (QED) is 0.345. The first-order valence-electron chi connectivity index (χ1n) is 9.08. The van der Waals surface area contributed by atoms with E-state index in [2.05, 4.69) is 43.4 Å². The van der Waals surface area contributed by atoms with Crippen LogP contribution in [-0.4, -0.2) is 23.5 Å². The molecule has 0 rings (SSSR count). The standard InChI is InChI=1S/C20H35NO2/c1-2-3-4-5-6-7-8-9-10-11-12-13-14-15-16-17-19(22)20(23)18-21/h3-4,6-7,9-10,20,23H,2,5,8,11-18,21H2,1H3/b4-3-,7-6-,10-9-. The number of allylic oxidation sites excluding steroid dienone is 6. The smallest absolute Gasteiger partial charge is 0.162 e. The van der Waals surface area contributed by atoms with Crippen LogP contribution >= 0.6 is 0 Å². The minimum absolute atomic E-state index is 0.0375. The topological polar surface area (TPSA) is 63.3 Å². The van der Waals surface area contributed by atoms with E-state index in [9.17, 15) is 9.90 Å². The highest BCUT2D eigenvalue weighted by atomic mass is 16.3. The van der Waals surface area contributed by atoms with Crippen LogP contribution in [-0.2, 0) is 4.79 Å². The fourth-order valence-corrected chi connectivity index (χ4v) is 2.22. The maximum Gasteiger partial charge on any atom is 0.162 e. The van der Waals surface area contributed by atoms with Crippen molar-refractivity contribution in [3.05, 3.63) is 36.5 Å². The largest absolute Gasteiger partial charge is 0.384 e. The third-order valence-electron chi connectivity index (χ3n) is 3.67. The van der Waals surface area contributed by atoms with Crippen molar-refractivity contribution >= 4 is 5.78 Å². The first kappa shape index (κ1) is 21.8. The Hall–Kier alpha value is -1.19. The van der Waals surface area contributed by atoms with E-state index in [-0.39, 0.29) is 12.3 Å². The zero-order valence-electron chi connectivity index (χ0n) is 14.8. The molecule has 0 aliphatic carbocycles. The lowest BCUT2D eigenvalue weighted by molar-refractivity contribution is -0.126. The van der Waals surface area contributed by atoms with Crippen LogP contribution in [0.1, 0.15) is 71.1 Å². The Morgan fingerprint density at radius 3 is 2.13 bits per heavy atom. The van der Waals surface area contributed by atoms with Crippen molar-refractivity contribution in [3.8, 4) is 0 Å². The van der Waals surface area contributed by atoms with Crippen LogP contribution in [0.2, 0.25) is 0 Å². The highest BCUT2D eigenvalue weighted by Crippen LogP contribution is 2.09. The first-order valence-corrected chi connectivity index (χ1v) is 9.08. The van der Waals surface area contributed by atoms with Crippen molar-refractivity contribution in [2.24, 2.45) is 5.73 Å². The first-order chi connectivity index (χ1) is 11.2. The molecular weight excluding hydrogens is 286 g/mol. The molecular formula is C20H35NO2. The average molecular weight is 322 g/mol. The van der Waals surface area contributed by atoms with Gasteiger partial charge in [-0.2, -0.15) is 0 Å². The summed E-state index contributed by atoms with van der Waals surface area (Å²) in [5, 5.41) is 9.25. The maximum atomic E-state index is 11.4. The molecule has 0 spiro atoms. The summed E-state index contributed by atoms with van der Waals surface area (Å²) in [6.45, 7) is 2.19. The molecule has 0 aliphatic rings. The van der Waals surface area contributed by atoms with Crippen molar-refractivity contribution in [1.82, 2.24) is 0 Å². The van der Waals surface area contributed by atoms with Crippen LogP contribution in [0.4, 0.5) is 0 Å². The predicted molar refractivity (Wildman–Crippen MR) is 99.3 cm³/mol. The van der Waals surface area contributed by atoms with Gasteiger partial charge in [0.25, 0.3) is 0 Å². The SMILES string of the molecule is CC/C=C\C/C=C\C/C=C\CCCCCCCC(=O)C(O)CN. The molecule has 3 N–H and O–H groups in total. The summed E-state index contributed by atoms with van der Waals surface area (Å²) in [6.07, 6.45) is 22.6. The van der Waals surface area contributed by atoms with E-state index in [1.807, 2.05) is 0 Å². The molecule has 1 atom stereocenters. The van der Waals surface area contributed by atoms with Gasteiger partial charge in [0.05, 0.1) is 0 Å². The normalized spacial score (nSPS) is 13.5. The summed E-state index contributed by atoms with van der Waals surface area (Å²) >= 11 is 0. The van der Waals surface area contributed by atoms with E-state index >= 15 is 0 Å². The van der Waals surface area contributed by atoms with Gasteiger partial charge in [0.1, 0.15) is 6.10 Å². The minimum Gasteiger partial charge on any atom is -0.384 e. The van der Waals surface area contributed by atoms with Gasteiger partial charge in [-0.1, -0.05) is 62.6 Å². The number of ketones is 1. The van der Waals surface area contributed by atoms with Gasteiger partial charge in [-0.05, 0) is 38.5 Å². The summed E-state index contributed by atoms with van der Waals surface area (Å²) in [7, 11) is 0. The van der Waals surface area contributed by atoms with E-state index < -0.39 is 6.10 Å². The molecule has 0 heterocycles. The molecule has 0 aromatic carbocycles. The molecule has 132 valence electrons.